The maximum atomic E-state index is 9.82. The van der Waals surface area contributed by atoms with E-state index in [1.165, 1.54) is 0 Å². The molecule has 0 radical (unpaired) electrons. The van der Waals surface area contributed by atoms with Gasteiger partial charge in [0.2, 0.25) is 0 Å². The van der Waals surface area contributed by atoms with E-state index in [0.717, 1.165) is 0 Å². The Labute approximate surface area is 100 Å². The first-order chi connectivity index (χ1) is 5.13. The van der Waals surface area contributed by atoms with E-state index in [0.29, 0.717) is 0 Å². The number of hydrogen-bond donors (Lipinski definition) is 1. The Morgan fingerprint density at radius 2 is 1.33 bits per heavy atom. The third-order valence-electron chi connectivity index (χ3n) is 1.01. The molecule has 64 valence electrons. The number of aliphatic carboxylic acids is 2. The molecule has 6 heteroatoms. The van der Waals surface area contributed by atoms with E-state index < -0.39 is 11.9 Å². The van der Waals surface area contributed by atoms with Crippen molar-refractivity contribution in [1.29, 1.82) is 0 Å². The van der Waals surface area contributed by atoms with Crippen LogP contribution < -0.4 is 15.5 Å². The minimum atomic E-state index is -1.15. The predicted octanol–water partition coefficient (Wildman–Crippen LogP) is -3.52. The summed E-state index contributed by atoms with van der Waals surface area (Å²) >= 11 is 0. The molecule has 12 heavy (non-hydrogen) atoms. The van der Waals surface area contributed by atoms with Gasteiger partial charge < -0.3 is 25.1 Å². The van der Waals surface area contributed by atoms with Crippen molar-refractivity contribution in [1.82, 2.24) is 5.32 Å². The zero-order valence-corrected chi connectivity index (χ0v) is 8.88. The number of carboxylic acid groups (broad SMARTS) is 2. The Balaban J connectivity index is 0. The Kier molecular flexibility index (Phi) is 11.3. The van der Waals surface area contributed by atoms with Crippen molar-refractivity contribution in [2.45, 2.75) is 12.8 Å². The van der Waals surface area contributed by atoms with Gasteiger partial charge in [-0.15, -0.1) is 0 Å². The number of nitrogens with one attached hydrogen (secondary N) is 1. The maximum absolute atomic E-state index is 9.82. The summed E-state index contributed by atoms with van der Waals surface area (Å²) in [5.41, 5.74) is 0. The molecule has 0 aromatic heterocycles. The molecule has 0 unspecified atom stereocenters. The standard InChI is InChI=1S/C6H11NO4.Ca/c8-5(9)1-3-7-4-2-6(10)11;/h7H,1-4H2,(H,8,9)(H,10,11);/q;+2/p-2. The van der Waals surface area contributed by atoms with Gasteiger partial charge in [0.1, 0.15) is 0 Å². The van der Waals surface area contributed by atoms with E-state index in [4.69, 9.17) is 0 Å². The first-order valence-electron chi connectivity index (χ1n) is 3.23. The van der Waals surface area contributed by atoms with Gasteiger partial charge in [-0.3, -0.25) is 0 Å². The quantitative estimate of drug-likeness (QED) is 0.353. The molecule has 0 aliphatic rings. The normalized spacial score (nSPS) is 8.67. The predicted molar refractivity (Wildman–Crippen MR) is 37.9 cm³/mol. The molecule has 0 spiro atoms. The van der Waals surface area contributed by atoms with Gasteiger partial charge in [-0.05, 0) is 12.8 Å². The van der Waals surface area contributed by atoms with Gasteiger partial charge in [0.05, 0.1) is 0 Å². The Morgan fingerprint density at radius 3 is 1.58 bits per heavy atom. The van der Waals surface area contributed by atoms with E-state index in [2.05, 4.69) is 5.32 Å². The van der Waals surface area contributed by atoms with Crippen molar-refractivity contribution in [3.63, 3.8) is 0 Å². The van der Waals surface area contributed by atoms with Gasteiger partial charge in [0.15, 0.2) is 0 Å². The molecule has 0 rings (SSSR count). The largest absolute Gasteiger partial charge is 2.00 e. The molecule has 0 aromatic rings. The van der Waals surface area contributed by atoms with E-state index in [9.17, 15) is 19.8 Å². The average molecular weight is 199 g/mol. The third kappa shape index (κ3) is 12.8. The van der Waals surface area contributed by atoms with Crippen LogP contribution in [0.4, 0.5) is 0 Å². The zero-order valence-electron chi connectivity index (χ0n) is 6.67. The third-order valence-corrected chi connectivity index (χ3v) is 1.01. The first-order valence-corrected chi connectivity index (χ1v) is 3.23. The summed E-state index contributed by atoms with van der Waals surface area (Å²) in [4.78, 5) is 19.6. The summed E-state index contributed by atoms with van der Waals surface area (Å²) in [6.45, 7) is 0.464. The second-order valence-electron chi connectivity index (χ2n) is 1.99. The number of rotatable bonds is 6. The molecule has 0 aromatic carbocycles. The van der Waals surface area contributed by atoms with E-state index in [1.54, 1.807) is 0 Å². The zero-order chi connectivity index (χ0) is 8.69. The molecule has 0 atom stereocenters. The number of hydrogen-bond acceptors (Lipinski definition) is 5. The second-order valence-corrected chi connectivity index (χ2v) is 1.99. The summed E-state index contributed by atoms with van der Waals surface area (Å²) in [5.74, 6) is -2.29. The van der Waals surface area contributed by atoms with Gasteiger partial charge in [-0.1, -0.05) is 0 Å². The molecule has 0 bridgehead atoms. The van der Waals surface area contributed by atoms with Crippen LogP contribution in [0, 0.1) is 0 Å². The van der Waals surface area contributed by atoms with E-state index in [-0.39, 0.29) is 63.7 Å². The van der Waals surface area contributed by atoms with Crippen LogP contribution in [0.3, 0.4) is 0 Å². The monoisotopic (exact) mass is 199 g/mol. The number of carboxylic acids is 2. The minimum Gasteiger partial charge on any atom is -0.550 e. The van der Waals surface area contributed by atoms with Crippen LogP contribution in [0.2, 0.25) is 0 Å². The van der Waals surface area contributed by atoms with Crippen molar-refractivity contribution in [2.75, 3.05) is 13.1 Å². The van der Waals surface area contributed by atoms with Crippen molar-refractivity contribution in [3.05, 3.63) is 0 Å². The fraction of sp³-hybridized carbons (Fsp3) is 0.667. The van der Waals surface area contributed by atoms with Crippen LogP contribution in [-0.4, -0.2) is 62.8 Å². The summed E-state index contributed by atoms with van der Waals surface area (Å²) in [6, 6.07) is 0. The SMILES string of the molecule is O=C([O-])CCNCCC(=O)[O-].[Ca+2]. The van der Waals surface area contributed by atoms with Crippen LogP contribution in [-0.2, 0) is 9.59 Å². The first kappa shape index (κ1) is 14.7. The molecule has 0 saturated heterocycles. The van der Waals surface area contributed by atoms with Crippen molar-refractivity contribution in [3.8, 4) is 0 Å². The van der Waals surface area contributed by atoms with Crippen LogP contribution in [0.25, 0.3) is 0 Å². The maximum Gasteiger partial charge on any atom is 2.00 e. The Bertz CT molecular complexity index is 134. The number of carbonyl (C=O) groups excluding carboxylic acids is 2. The average Bonchev–Trinajstić information content (AvgIpc) is 1.85. The summed E-state index contributed by atoms with van der Waals surface area (Å²) in [6.07, 6.45) is -0.208. The fourth-order valence-electron chi connectivity index (χ4n) is 0.506. The molecule has 0 heterocycles. The second kappa shape index (κ2) is 9.25. The molecule has 0 amide bonds. The molecule has 5 nitrogen and oxygen atoms in total. The topological polar surface area (TPSA) is 92.3 Å². The summed E-state index contributed by atoms with van der Waals surface area (Å²) in [5, 5.41) is 22.2. The Morgan fingerprint density at radius 1 is 1.00 bits per heavy atom. The summed E-state index contributed by atoms with van der Waals surface area (Å²) < 4.78 is 0. The van der Waals surface area contributed by atoms with Gasteiger partial charge >= 0.3 is 37.7 Å². The van der Waals surface area contributed by atoms with Crippen LogP contribution in [0.15, 0.2) is 0 Å². The fourth-order valence-corrected chi connectivity index (χ4v) is 0.506. The molecule has 0 saturated carbocycles. The van der Waals surface area contributed by atoms with Gasteiger partial charge in [0, 0.05) is 25.0 Å². The molecule has 0 fully saturated rings. The van der Waals surface area contributed by atoms with E-state index >= 15 is 0 Å². The Hall–Kier alpha value is 0.160. The van der Waals surface area contributed by atoms with Crippen molar-refractivity contribution < 1.29 is 19.8 Å². The molecule has 1 N–H and O–H groups in total. The molecule has 0 aliphatic heterocycles. The molecule has 0 aliphatic carbocycles. The van der Waals surface area contributed by atoms with Gasteiger partial charge in [0.25, 0.3) is 0 Å². The van der Waals surface area contributed by atoms with Crippen LogP contribution in [0.5, 0.6) is 0 Å². The van der Waals surface area contributed by atoms with Crippen molar-refractivity contribution in [2.24, 2.45) is 0 Å². The summed E-state index contributed by atoms with van der Waals surface area (Å²) in [7, 11) is 0. The minimum absolute atomic E-state index is 0. The molecular formula is C6H9CaNO4. The van der Waals surface area contributed by atoms with Crippen molar-refractivity contribution >= 4 is 49.7 Å². The van der Waals surface area contributed by atoms with Gasteiger partial charge in [-0.2, -0.15) is 0 Å². The number of carbonyl (C=O) groups is 2. The van der Waals surface area contributed by atoms with E-state index in [1.807, 2.05) is 0 Å². The molecular weight excluding hydrogens is 190 g/mol. The van der Waals surface area contributed by atoms with Crippen LogP contribution >= 0.6 is 0 Å². The van der Waals surface area contributed by atoms with Gasteiger partial charge in [-0.25, -0.2) is 0 Å². The smallest absolute Gasteiger partial charge is 0.550 e. The van der Waals surface area contributed by atoms with Crippen LogP contribution in [0.1, 0.15) is 12.8 Å².